The maximum absolute atomic E-state index is 6.15. The van der Waals surface area contributed by atoms with Crippen molar-refractivity contribution in [3.8, 4) is 5.75 Å². The molecule has 2 N–H and O–H groups in total. The van der Waals surface area contributed by atoms with Gasteiger partial charge in [-0.15, -0.1) is 0 Å². The molecule has 0 aliphatic heterocycles. The molecule has 0 unspecified atom stereocenters. The standard InChI is InChI=1S/C16H15NO/c17-13-7-4-8-14(9-13)18-16-10-15(16,11-16)12-5-2-1-3-6-12/h1-9H,10-11,17H2. The van der Waals surface area contributed by atoms with Crippen molar-refractivity contribution in [2.45, 2.75) is 23.9 Å². The molecule has 2 aliphatic carbocycles. The highest BCUT2D eigenvalue weighted by Crippen LogP contribution is 2.80. The molecule has 0 bridgehead atoms. The van der Waals surface area contributed by atoms with E-state index in [0.717, 1.165) is 24.3 Å². The summed E-state index contributed by atoms with van der Waals surface area (Å²) in [6.45, 7) is 0. The van der Waals surface area contributed by atoms with Crippen molar-refractivity contribution in [3.63, 3.8) is 0 Å². The molecule has 0 amide bonds. The van der Waals surface area contributed by atoms with Crippen LogP contribution in [0.2, 0.25) is 0 Å². The molecule has 0 radical (unpaired) electrons. The monoisotopic (exact) mass is 237 g/mol. The molecule has 2 aromatic rings. The second kappa shape index (κ2) is 3.08. The van der Waals surface area contributed by atoms with E-state index in [0.29, 0.717) is 5.41 Å². The van der Waals surface area contributed by atoms with Gasteiger partial charge < -0.3 is 10.5 Å². The topological polar surface area (TPSA) is 35.2 Å². The molecule has 2 saturated carbocycles. The van der Waals surface area contributed by atoms with Crippen LogP contribution in [0.1, 0.15) is 18.4 Å². The van der Waals surface area contributed by atoms with Crippen LogP contribution >= 0.6 is 0 Å². The summed E-state index contributed by atoms with van der Waals surface area (Å²) in [6.07, 6.45) is 2.28. The molecule has 2 heteroatoms. The highest BCUT2D eigenvalue weighted by molar-refractivity contribution is 5.55. The van der Waals surface area contributed by atoms with Crippen LogP contribution in [0.3, 0.4) is 0 Å². The summed E-state index contributed by atoms with van der Waals surface area (Å²) in [7, 11) is 0. The Balaban J connectivity index is 1.57. The molecule has 0 heterocycles. The van der Waals surface area contributed by atoms with E-state index in [1.54, 1.807) is 0 Å². The zero-order valence-corrected chi connectivity index (χ0v) is 10.1. The maximum atomic E-state index is 6.15. The van der Waals surface area contributed by atoms with Crippen molar-refractivity contribution in [2.24, 2.45) is 0 Å². The Hall–Kier alpha value is -1.96. The molecule has 2 aromatic carbocycles. The third-order valence-electron chi connectivity index (χ3n) is 4.29. The van der Waals surface area contributed by atoms with Gasteiger partial charge in [0, 0.05) is 30.0 Å². The number of hydrogen-bond acceptors (Lipinski definition) is 2. The first kappa shape index (κ1) is 10.0. The molecule has 18 heavy (non-hydrogen) atoms. The fourth-order valence-electron chi connectivity index (χ4n) is 3.03. The van der Waals surface area contributed by atoms with Crippen molar-refractivity contribution in [3.05, 3.63) is 60.2 Å². The van der Waals surface area contributed by atoms with Gasteiger partial charge in [-0.3, -0.25) is 0 Å². The number of nitrogens with two attached hydrogens (primary N) is 1. The summed E-state index contributed by atoms with van der Waals surface area (Å²) in [5.74, 6) is 0.894. The fraction of sp³-hybridized carbons (Fsp3) is 0.250. The second-order valence-electron chi connectivity index (χ2n) is 5.47. The summed E-state index contributed by atoms with van der Waals surface area (Å²) in [4.78, 5) is 0. The Morgan fingerprint density at radius 2 is 1.72 bits per heavy atom. The molecule has 2 fully saturated rings. The summed E-state index contributed by atoms with van der Waals surface area (Å²) in [6, 6.07) is 18.4. The summed E-state index contributed by atoms with van der Waals surface area (Å²) < 4.78 is 6.15. The van der Waals surface area contributed by atoms with E-state index in [1.807, 2.05) is 24.3 Å². The van der Waals surface area contributed by atoms with Crippen molar-refractivity contribution >= 4 is 5.69 Å². The molecule has 2 nitrogen and oxygen atoms in total. The lowest BCUT2D eigenvalue weighted by Crippen LogP contribution is -2.06. The molecule has 90 valence electrons. The van der Waals surface area contributed by atoms with Crippen molar-refractivity contribution in [1.29, 1.82) is 0 Å². The molecule has 0 atom stereocenters. The quantitative estimate of drug-likeness (QED) is 0.832. The van der Waals surface area contributed by atoms with E-state index >= 15 is 0 Å². The number of hydrogen-bond donors (Lipinski definition) is 1. The van der Waals surface area contributed by atoms with Gasteiger partial charge in [-0.25, -0.2) is 0 Å². The van der Waals surface area contributed by atoms with Crippen LogP contribution < -0.4 is 10.5 Å². The van der Waals surface area contributed by atoms with Gasteiger partial charge in [0.15, 0.2) is 0 Å². The maximum Gasteiger partial charge on any atom is 0.122 e. The van der Waals surface area contributed by atoms with Crippen LogP contribution in [0, 0.1) is 0 Å². The van der Waals surface area contributed by atoms with E-state index in [2.05, 4.69) is 30.3 Å². The first-order valence-corrected chi connectivity index (χ1v) is 6.34. The zero-order valence-electron chi connectivity index (χ0n) is 10.1. The third kappa shape index (κ3) is 1.23. The van der Waals surface area contributed by atoms with Crippen LogP contribution in [0.4, 0.5) is 5.69 Å². The first-order chi connectivity index (χ1) is 8.74. The second-order valence-corrected chi connectivity index (χ2v) is 5.47. The van der Waals surface area contributed by atoms with Crippen molar-refractivity contribution in [1.82, 2.24) is 0 Å². The Bertz CT molecular complexity index is 600. The minimum Gasteiger partial charge on any atom is -0.486 e. The molecular weight excluding hydrogens is 222 g/mol. The van der Waals surface area contributed by atoms with E-state index in [1.165, 1.54) is 5.56 Å². The highest BCUT2D eigenvalue weighted by atomic mass is 16.5. The minimum atomic E-state index is 0.0577. The predicted molar refractivity (Wildman–Crippen MR) is 71.6 cm³/mol. The van der Waals surface area contributed by atoms with Gasteiger partial charge in [0.05, 0.1) is 0 Å². The Labute approximate surface area is 106 Å². The molecule has 2 aliphatic rings. The van der Waals surface area contributed by atoms with E-state index in [-0.39, 0.29) is 5.60 Å². The van der Waals surface area contributed by atoms with Crippen LogP contribution in [-0.4, -0.2) is 5.60 Å². The minimum absolute atomic E-state index is 0.0577. The molecule has 0 saturated heterocycles. The zero-order chi connectivity index (χ0) is 12.2. The van der Waals surface area contributed by atoms with E-state index in [9.17, 15) is 0 Å². The summed E-state index contributed by atoms with van der Waals surface area (Å²) in [5.41, 5.74) is 8.29. The van der Waals surface area contributed by atoms with Gasteiger partial charge in [0.25, 0.3) is 0 Å². The van der Waals surface area contributed by atoms with Crippen LogP contribution in [0.5, 0.6) is 5.75 Å². The van der Waals surface area contributed by atoms with Gasteiger partial charge in [0.2, 0.25) is 0 Å². The van der Waals surface area contributed by atoms with E-state index in [4.69, 9.17) is 10.5 Å². The highest BCUT2D eigenvalue weighted by Gasteiger charge is 2.86. The molecular formula is C16H15NO. The lowest BCUT2D eigenvalue weighted by atomic mass is 10.0. The number of ether oxygens (including phenoxy) is 1. The van der Waals surface area contributed by atoms with Gasteiger partial charge in [-0.2, -0.15) is 0 Å². The number of nitrogen functional groups attached to an aromatic ring is 1. The SMILES string of the molecule is Nc1cccc(OC23CC2(c2ccccc2)C3)c1. The molecule has 4 rings (SSSR count). The number of benzene rings is 2. The number of anilines is 1. The van der Waals surface area contributed by atoms with Crippen LogP contribution in [-0.2, 0) is 5.41 Å². The van der Waals surface area contributed by atoms with Crippen molar-refractivity contribution < 1.29 is 4.74 Å². The van der Waals surface area contributed by atoms with Crippen LogP contribution in [0.15, 0.2) is 54.6 Å². The molecule has 0 spiro atoms. The average Bonchev–Trinajstić information content (AvgIpc) is 3.17. The number of fused-ring (bicyclic) bond motifs is 1. The van der Waals surface area contributed by atoms with Crippen LogP contribution in [0.25, 0.3) is 0 Å². The van der Waals surface area contributed by atoms with Crippen molar-refractivity contribution in [2.75, 3.05) is 5.73 Å². The Kier molecular flexibility index (Phi) is 1.71. The largest absolute Gasteiger partial charge is 0.486 e. The normalized spacial score (nSPS) is 31.6. The van der Waals surface area contributed by atoms with E-state index < -0.39 is 0 Å². The average molecular weight is 237 g/mol. The number of rotatable bonds is 3. The lowest BCUT2D eigenvalue weighted by Gasteiger charge is -2.08. The fourth-order valence-corrected chi connectivity index (χ4v) is 3.03. The molecule has 0 aromatic heterocycles. The van der Waals surface area contributed by atoms with Gasteiger partial charge in [-0.1, -0.05) is 36.4 Å². The third-order valence-corrected chi connectivity index (χ3v) is 4.29. The summed E-state index contributed by atoms with van der Waals surface area (Å²) >= 11 is 0. The lowest BCUT2D eigenvalue weighted by molar-refractivity contribution is 0.239. The predicted octanol–water partition coefficient (Wildman–Crippen LogP) is 3.13. The Morgan fingerprint density at radius 1 is 0.944 bits per heavy atom. The Morgan fingerprint density at radius 3 is 2.44 bits per heavy atom. The summed E-state index contributed by atoms with van der Waals surface area (Å²) in [5, 5.41) is 0. The first-order valence-electron chi connectivity index (χ1n) is 6.34. The smallest absolute Gasteiger partial charge is 0.122 e. The van der Waals surface area contributed by atoms with Gasteiger partial charge in [-0.05, 0) is 17.7 Å². The van der Waals surface area contributed by atoms with Gasteiger partial charge in [0.1, 0.15) is 11.4 Å². The van der Waals surface area contributed by atoms with Gasteiger partial charge >= 0.3 is 0 Å².